The van der Waals surface area contributed by atoms with Gasteiger partial charge in [-0.2, -0.15) is 4.31 Å². The Morgan fingerprint density at radius 1 is 1.25 bits per heavy atom. The molecule has 0 atom stereocenters. The molecule has 0 aliphatic carbocycles. The Morgan fingerprint density at radius 2 is 2.00 bits per heavy atom. The normalized spacial score (nSPS) is 14.9. The van der Waals surface area contributed by atoms with E-state index in [-0.39, 0.29) is 28.0 Å². The smallest absolute Gasteiger partial charge is 0.343 e. The molecule has 12 heteroatoms. The SMILES string of the molecule is CCCn1c(SCC(=O)Nc2ccc(OCC)c(S(=O)(=O)N3CCCCC3)c2)n[nH]c1=O. The van der Waals surface area contributed by atoms with Crippen LogP contribution in [0.25, 0.3) is 0 Å². The summed E-state index contributed by atoms with van der Waals surface area (Å²) in [6, 6.07) is 4.62. The Kier molecular flexibility index (Phi) is 8.38. The van der Waals surface area contributed by atoms with E-state index in [4.69, 9.17) is 4.74 Å². The van der Waals surface area contributed by atoms with Gasteiger partial charge in [0.25, 0.3) is 0 Å². The van der Waals surface area contributed by atoms with E-state index < -0.39 is 10.0 Å². The van der Waals surface area contributed by atoms with Crippen molar-refractivity contribution < 1.29 is 17.9 Å². The average Bonchev–Trinajstić information content (AvgIpc) is 3.14. The minimum Gasteiger partial charge on any atom is -0.492 e. The number of ether oxygens (including phenoxy) is 1. The summed E-state index contributed by atoms with van der Waals surface area (Å²) in [5.74, 6) is -0.0420. The van der Waals surface area contributed by atoms with Crippen LogP contribution in [0.1, 0.15) is 39.5 Å². The van der Waals surface area contributed by atoms with Crippen LogP contribution < -0.4 is 15.7 Å². The van der Waals surface area contributed by atoms with Crippen LogP contribution in [0.2, 0.25) is 0 Å². The third-order valence-electron chi connectivity index (χ3n) is 4.96. The molecular weight excluding hydrogens is 454 g/mol. The standard InChI is InChI=1S/C20H29N5O5S2/c1-3-10-25-19(27)22-23-20(25)31-14-18(26)21-15-8-9-16(30-4-2)17(13-15)32(28,29)24-11-6-5-7-12-24/h8-9,13H,3-7,10-12,14H2,1-2H3,(H,21,26)(H,22,27). The van der Waals surface area contributed by atoms with Crippen molar-refractivity contribution in [2.75, 3.05) is 30.8 Å². The zero-order valence-corrected chi connectivity index (χ0v) is 19.9. The lowest BCUT2D eigenvalue weighted by Gasteiger charge is -2.27. The Balaban J connectivity index is 1.75. The number of benzene rings is 1. The molecule has 0 radical (unpaired) electrons. The van der Waals surface area contributed by atoms with Crippen molar-refractivity contribution in [3.05, 3.63) is 28.7 Å². The van der Waals surface area contributed by atoms with E-state index in [1.165, 1.54) is 14.9 Å². The van der Waals surface area contributed by atoms with Crippen molar-refractivity contribution in [3.63, 3.8) is 0 Å². The van der Waals surface area contributed by atoms with E-state index in [0.29, 0.717) is 37.1 Å². The van der Waals surface area contributed by atoms with Gasteiger partial charge in [-0.15, -0.1) is 5.10 Å². The highest BCUT2D eigenvalue weighted by Gasteiger charge is 2.29. The Hall–Kier alpha value is -2.31. The maximum absolute atomic E-state index is 13.2. The monoisotopic (exact) mass is 483 g/mol. The molecule has 1 saturated heterocycles. The fraction of sp³-hybridized carbons (Fsp3) is 0.550. The second-order valence-corrected chi connectivity index (χ2v) is 10.2. The molecule has 1 aromatic heterocycles. The average molecular weight is 484 g/mol. The van der Waals surface area contributed by atoms with E-state index in [9.17, 15) is 18.0 Å². The molecule has 0 unspecified atom stereocenters. The quantitative estimate of drug-likeness (QED) is 0.497. The third kappa shape index (κ3) is 5.73. The topological polar surface area (TPSA) is 126 Å². The number of rotatable bonds is 10. The van der Waals surface area contributed by atoms with Crippen LogP contribution in [0.4, 0.5) is 5.69 Å². The van der Waals surface area contributed by atoms with Gasteiger partial charge < -0.3 is 10.1 Å². The van der Waals surface area contributed by atoms with Gasteiger partial charge in [0.15, 0.2) is 5.16 Å². The molecule has 32 heavy (non-hydrogen) atoms. The molecule has 1 fully saturated rings. The molecule has 10 nitrogen and oxygen atoms in total. The number of piperidine rings is 1. The third-order valence-corrected chi connectivity index (χ3v) is 7.86. The highest BCUT2D eigenvalue weighted by molar-refractivity contribution is 7.99. The molecule has 176 valence electrons. The number of aromatic amines is 1. The molecule has 2 aromatic rings. The maximum atomic E-state index is 13.2. The van der Waals surface area contributed by atoms with E-state index >= 15 is 0 Å². The zero-order chi connectivity index (χ0) is 23.1. The number of H-pyrrole nitrogens is 1. The van der Waals surface area contributed by atoms with Crippen LogP contribution >= 0.6 is 11.8 Å². The van der Waals surface area contributed by atoms with E-state index in [0.717, 1.165) is 37.4 Å². The molecule has 2 N–H and O–H groups in total. The van der Waals surface area contributed by atoms with Gasteiger partial charge in [-0.25, -0.2) is 18.3 Å². The predicted molar refractivity (Wildman–Crippen MR) is 123 cm³/mol. The second-order valence-electron chi connectivity index (χ2n) is 7.36. The molecular formula is C20H29N5O5S2. The van der Waals surface area contributed by atoms with Crippen molar-refractivity contribution in [3.8, 4) is 5.75 Å². The van der Waals surface area contributed by atoms with Gasteiger partial charge in [-0.05, 0) is 44.4 Å². The first-order valence-electron chi connectivity index (χ1n) is 10.7. The van der Waals surface area contributed by atoms with Crippen LogP contribution in [0.5, 0.6) is 5.75 Å². The van der Waals surface area contributed by atoms with Crippen LogP contribution in [0.3, 0.4) is 0 Å². The molecule has 3 rings (SSSR count). The van der Waals surface area contributed by atoms with E-state index in [1.54, 1.807) is 19.1 Å². The van der Waals surface area contributed by atoms with E-state index in [1.807, 2.05) is 6.92 Å². The lowest BCUT2D eigenvalue weighted by Crippen LogP contribution is -2.35. The summed E-state index contributed by atoms with van der Waals surface area (Å²) >= 11 is 1.14. The summed E-state index contributed by atoms with van der Waals surface area (Å²) in [5.41, 5.74) is 0.0523. The predicted octanol–water partition coefficient (Wildman–Crippen LogP) is 2.29. The number of sulfonamides is 1. The summed E-state index contributed by atoms with van der Waals surface area (Å²) in [6.45, 7) is 5.53. The van der Waals surface area contributed by atoms with Crippen LogP contribution in [-0.4, -0.2) is 58.8 Å². The molecule has 1 aromatic carbocycles. The van der Waals surface area contributed by atoms with Crippen LogP contribution in [-0.2, 0) is 21.4 Å². The zero-order valence-electron chi connectivity index (χ0n) is 18.3. The van der Waals surface area contributed by atoms with Gasteiger partial charge in [-0.1, -0.05) is 25.1 Å². The lowest BCUT2D eigenvalue weighted by molar-refractivity contribution is -0.113. The number of thioether (sulfide) groups is 1. The summed E-state index contributed by atoms with van der Waals surface area (Å²) in [5, 5.41) is 9.51. The maximum Gasteiger partial charge on any atom is 0.343 e. The Bertz CT molecular complexity index is 1090. The Morgan fingerprint density at radius 3 is 2.69 bits per heavy atom. The minimum absolute atomic E-state index is 0.0232. The summed E-state index contributed by atoms with van der Waals surface area (Å²) in [6.07, 6.45) is 3.43. The highest BCUT2D eigenvalue weighted by Crippen LogP contribution is 2.31. The fourth-order valence-electron chi connectivity index (χ4n) is 3.47. The van der Waals surface area contributed by atoms with Gasteiger partial charge in [0.05, 0.1) is 12.4 Å². The first-order valence-corrected chi connectivity index (χ1v) is 13.1. The number of amides is 1. The number of nitrogens with one attached hydrogen (secondary N) is 2. The fourth-order valence-corrected chi connectivity index (χ4v) is 5.91. The molecule has 1 aliphatic heterocycles. The van der Waals surface area contributed by atoms with E-state index in [2.05, 4.69) is 15.5 Å². The van der Waals surface area contributed by atoms with Crippen molar-refractivity contribution in [1.29, 1.82) is 0 Å². The first kappa shape index (κ1) is 24.3. The van der Waals surface area contributed by atoms with Crippen LogP contribution in [0, 0.1) is 0 Å². The molecule has 1 amide bonds. The molecule has 0 saturated carbocycles. The van der Waals surface area contributed by atoms with Crippen molar-refractivity contribution in [2.45, 2.75) is 56.1 Å². The number of hydrogen-bond donors (Lipinski definition) is 2. The summed E-state index contributed by atoms with van der Waals surface area (Å²) < 4.78 is 34.9. The van der Waals surface area contributed by atoms with Gasteiger partial charge in [0.2, 0.25) is 15.9 Å². The van der Waals surface area contributed by atoms with Gasteiger partial charge in [0, 0.05) is 25.3 Å². The number of carbonyl (C=O) groups is 1. The number of aromatic nitrogens is 3. The Labute approximate surface area is 191 Å². The molecule has 0 spiro atoms. The molecule has 2 heterocycles. The number of anilines is 1. The van der Waals surface area contributed by atoms with Gasteiger partial charge in [-0.3, -0.25) is 9.36 Å². The lowest BCUT2D eigenvalue weighted by atomic mass is 10.2. The van der Waals surface area contributed by atoms with Gasteiger partial charge >= 0.3 is 5.69 Å². The minimum atomic E-state index is -3.74. The summed E-state index contributed by atoms with van der Waals surface area (Å²) in [7, 11) is -3.74. The van der Waals surface area contributed by atoms with Crippen LogP contribution in [0.15, 0.2) is 33.0 Å². The summed E-state index contributed by atoms with van der Waals surface area (Å²) in [4.78, 5) is 24.3. The number of carbonyl (C=O) groups excluding carboxylic acids is 1. The number of nitrogens with zero attached hydrogens (tertiary/aromatic N) is 3. The van der Waals surface area contributed by atoms with Crippen molar-refractivity contribution in [2.24, 2.45) is 0 Å². The first-order chi connectivity index (χ1) is 15.4. The number of hydrogen-bond acceptors (Lipinski definition) is 7. The van der Waals surface area contributed by atoms with Gasteiger partial charge in [0.1, 0.15) is 10.6 Å². The highest BCUT2D eigenvalue weighted by atomic mass is 32.2. The molecule has 0 bridgehead atoms. The molecule has 1 aliphatic rings. The van der Waals surface area contributed by atoms with Crippen molar-refractivity contribution >= 4 is 33.4 Å². The second kappa shape index (κ2) is 11.0. The largest absolute Gasteiger partial charge is 0.492 e. The van der Waals surface area contributed by atoms with Crippen molar-refractivity contribution in [1.82, 2.24) is 19.1 Å².